The van der Waals surface area contributed by atoms with Crippen LogP contribution in [0.15, 0.2) is 4.40 Å². The Morgan fingerprint density at radius 3 is 1.35 bits per heavy atom. The second-order valence-electron chi connectivity index (χ2n) is 3.53. The number of nitrogens with zero attached hydrogens (tertiary/aromatic N) is 1. The van der Waals surface area contributed by atoms with Crippen molar-refractivity contribution in [1.29, 1.82) is 0 Å². The van der Waals surface area contributed by atoms with E-state index in [0.29, 0.717) is 4.40 Å². The van der Waals surface area contributed by atoms with Crippen LogP contribution in [0.5, 0.6) is 0 Å². The van der Waals surface area contributed by atoms with Crippen molar-refractivity contribution in [2.45, 2.75) is 29.5 Å². The molecule has 0 aliphatic heterocycles. The minimum absolute atomic E-state index is 0.591. The molecule has 0 heterocycles. The number of sulfonamides is 1. The fourth-order valence-electron chi connectivity index (χ4n) is 0.741. The van der Waals surface area contributed by atoms with E-state index in [4.69, 9.17) is 0 Å². The molecule has 0 aromatic carbocycles. The van der Waals surface area contributed by atoms with Crippen molar-refractivity contribution >= 4 is 15.9 Å². The molecule has 23 heavy (non-hydrogen) atoms. The molecule has 0 N–H and O–H groups in total. The summed E-state index contributed by atoms with van der Waals surface area (Å²) >= 11 is 0. The lowest BCUT2D eigenvalue weighted by molar-refractivity contribution is -0.382. The molecule has 0 saturated carbocycles. The molecule has 0 bridgehead atoms. The highest BCUT2D eigenvalue weighted by Gasteiger charge is 2.85. The zero-order chi connectivity index (χ0) is 19.3. The minimum atomic E-state index is -7.77. The van der Waals surface area contributed by atoms with Crippen LogP contribution < -0.4 is 5.11 Å². The van der Waals surface area contributed by atoms with E-state index in [1.54, 1.807) is 0 Å². The number of halogens is 12. The average Bonchev–Trinajstić information content (AvgIpc) is 2.24. The molecule has 0 aliphatic carbocycles. The molecule has 0 radical (unpaired) electrons. The van der Waals surface area contributed by atoms with Gasteiger partial charge in [-0.3, -0.25) is 0 Å². The summed E-state index contributed by atoms with van der Waals surface area (Å²) in [7, 11) is -7.75. The molecule has 0 amide bonds. The van der Waals surface area contributed by atoms with Crippen molar-refractivity contribution in [3.05, 3.63) is 0 Å². The van der Waals surface area contributed by atoms with Crippen LogP contribution in [0.3, 0.4) is 0 Å². The average molecular weight is 394 g/mol. The van der Waals surface area contributed by atoms with Crippen LogP contribution in [0, 0.1) is 0 Å². The second kappa shape index (κ2) is 5.30. The molecule has 0 aromatic rings. The zero-order valence-electron chi connectivity index (χ0n) is 9.62. The first-order valence-corrected chi connectivity index (χ1v) is 5.86. The van der Waals surface area contributed by atoms with Crippen molar-refractivity contribution in [3.8, 4) is 0 Å². The van der Waals surface area contributed by atoms with Crippen molar-refractivity contribution in [1.82, 2.24) is 0 Å². The van der Waals surface area contributed by atoms with Crippen LogP contribution in [-0.4, -0.2) is 43.8 Å². The van der Waals surface area contributed by atoms with Crippen molar-refractivity contribution < 1.29 is 66.2 Å². The van der Waals surface area contributed by atoms with Crippen LogP contribution in [-0.2, 0) is 10.0 Å². The Labute approximate surface area is 117 Å². The third-order valence-electron chi connectivity index (χ3n) is 1.89. The number of hydrogen-bond donors (Lipinski definition) is 0. The molecular formula is C6F12NO3S-. The van der Waals surface area contributed by atoms with E-state index in [0.717, 1.165) is 0 Å². The van der Waals surface area contributed by atoms with Crippen LogP contribution >= 0.6 is 0 Å². The monoisotopic (exact) mass is 394 g/mol. The topological polar surface area (TPSA) is 69.6 Å². The maximum absolute atomic E-state index is 12.8. The van der Waals surface area contributed by atoms with E-state index in [2.05, 4.69) is 0 Å². The van der Waals surface area contributed by atoms with Gasteiger partial charge in [0.15, 0.2) is 0 Å². The lowest BCUT2D eigenvalue weighted by Gasteiger charge is -2.32. The van der Waals surface area contributed by atoms with Gasteiger partial charge in [-0.1, -0.05) is 0 Å². The second-order valence-corrected chi connectivity index (χ2v) is 5.18. The van der Waals surface area contributed by atoms with Gasteiger partial charge in [0.2, 0.25) is 0 Å². The van der Waals surface area contributed by atoms with E-state index in [9.17, 15) is 66.2 Å². The van der Waals surface area contributed by atoms with Gasteiger partial charge in [0.25, 0.3) is 0 Å². The summed E-state index contributed by atoms with van der Waals surface area (Å²) in [5.41, 5.74) is 0. The van der Waals surface area contributed by atoms with E-state index < -0.39 is 45.4 Å². The summed E-state index contributed by atoms with van der Waals surface area (Å²) in [6.45, 7) is 0. The van der Waals surface area contributed by atoms with Crippen molar-refractivity contribution in [2.24, 2.45) is 4.40 Å². The Kier molecular flexibility index (Phi) is 4.97. The molecule has 0 atom stereocenters. The third kappa shape index (κ3) is 3.42. The maximum atomic E-state index is 12.8. The minimum Gasteiger partial charge on any atom is -0.855 e. The number of hydrogen-bond acceptors (Lipinski definition) is 3. The van der Waals surface area contributed by atoms with Gasteiger partial charge in [-0.2, -0.15) is 65.5 Å². The summed E-state index contributed by atoms with van der Waals surface area (Å²) in [6, 6.07) is 0. The number of rotatable bonds is 4. The maximum Gasteiger partial charge on any atom is 0.460 e. The van der Waals surface area contributed by atoms with Gasteiger partial charge in [-0.05, 0) is 0 Å². The zero-order valence-corrected chi connectivity index (χ0v) is 10.4. The summed E-state index contributed by atoms with van der Waals surface area (Å²) < 4.78 is 167. The largest absolute Gasteiger partial charge is 0.855 e. The fourth-order valence-corrected chi connectivity index (χ4v) is 1.63. The Morgan fingerprint density at radius 1 is 0.739 bits per heavy atom. The molecule has 4 nitrogen and oxygen atoms in total. The summed E-state index contributed by atoms with van der Waals surface area (Å²) in [5.74, 6) is -19.4. The first-order valence-electron chi connectivity index (χ1n) is 4.42. The Balaban J connectivity index is 6.28. The lowest BCUT2D eigenvalue weighted by Crippen LogP contribution is -2.63. The van der Waals surface area contributed by atoms with E-state index in [1.807, 2.05) is 0 Å². The van der Waals surface area contributed by atoms with Gasteiger partial charge >= 0.3 is 39.5 Å². The first kappa shape index (κ1) is 21.6. The van der Waals surface area contributed by atoms with Crippen LogP contribution in [0.4, 0.5) is 52.7 Å². The molecule has 0 spiro atoms. The SMILES string of the molecule is O=S(=O)(N=C([O-])C(F)(F)F)C(F)(F)C(F)(F)C(F)(F)C(F)(F)F. The lowest BCUT2D eigenvalue weighted by atomic mass is 10.1. The highest BCUT2D eigenvalue weighted by molar-refractivity contribution is 7.91. The van der Waals surface area contributed by atoms with Crippen LogP contribution in [0.1, 0.15) is 0 Å². The van der Waals surface area contributed by atoms with Crippen molar-refractivity contribution in [3.63, 3.8) is 0 Å². The van der Waals surface area contributed by atoms with Gasteiger partial charge in [-0.25, -0.2) is 0 Å². The fraction of sp³-hybridized carbons (Fsp3) is 0.833. The Bertz CT molecular complexity index is 585. The molecular weight excluding hydrogens is 394 g/mol. The summed E-state index contributed by atoms with van der Waals surface area (Å²) in [6.07, 6.45) is -13.7. The normalized spacial score (nSPS) is 16.6. The molecule has 0 aromatic heterocycles. The van der Waals surface area contributed by atoms with E-state index >= 15 is 0 Å². The predicted octanol–water partition coefficient (Wildman–Crippen LogP) is 2.06. The quantitative estimate of drug-likeness (QED) is 0.417. The molecule has 138 valence electrons. The first-order chi connectivity index (χ1) is 9.63. The Hall–Kier alpha value is -1.42. The van der Waals surface area contributed by atoms with Crippen molar-refractivity contribution in [2.75, 3.05) is 0 Å². The predicted molar refractivity (Wildman–Crippen MR) is 43.3 cm³/mol. The third-order valence-corrected chi connectivity index (χ3v) is 3.20. The summed E-state index contributed by atoms with van der Waals surface area (Å²) in [5, 5.41) is 2.56. The van der Waals surface area contributed by atoms with Gasteiger partial charge in [0.05, 0.1) is 5.90 Å². The molecule has 0 rings (SSSR count). The standard InChI is InChI=1S/C6HF12NO3S/c7-2(8,9)1(20)19-23(21,22)6(17,18)4(12,13)3(10,11)5(14,15)16/h(H,19,20)/p-1. The van der Waals surface area contributed by atoms with Gasteiger partial charge in [-0.15, -0.1) is 0 Å². The highest BCUT2D eigenvalue weighted by Crippen LogP contribution is 2.55. The smallest absolute Gasteiger partial charge is 0.460 e. The Morgan fingerprint density at radius 2 is 1.09 bits per heavy atom. The van der Waals surface area contributed by atoms with Crippen LogP contribution in [0.25, 0.3) is 0 Å². The van der Waals surface area contributed by atoms with Gasteiger partial charge < -0.3 is 5.11 Å². The highest BCUT2D eigenvalue weighted by atomic mass is 32.2. The van der Waals surface area contributed by atoms with Gasteiger partial charge in [0.1, 0.15) is 0 Å². The molecule has 0 saturated heterocycles. The molecule has 17 heteroatoms. The van der Waals surface area contributed by atoms with E-state index in [-0.39, 0.29) is 0 Å². The van der Waals surface area contributed by atoms with Crippen LogP contribution in [0.2, 0.25) is 0 Å². The summed E-state index contributed by atoms with van der Waals surface area (Å²) in [4.78, 5) is 0. The molecule has 0 unspecified atom stereocenters. The van der Waals surface area contributed by atoms with E-state index in [1.165, 1.54) is 0 Å². The number of alkyl halides is 12. The molecule has 0 aliphatic rings. The molecule has 0 fully saturated rings. The van der Waals surface area contributed by atoms with Gasteiger partial charge in [0, 0.05) is 0 Å².